The number of rotatable bonds is 13. The molecule has 6 heteroatoms. The van der Waals surface area contributed by atoms with Crippen molar-refractivity contribution in [3.05, 3.63) is 144 Å². The van der Waals surface area contributed by atoms with Gasteiger partial charge in [-0.3, -0.25) is 0 Å². The lowest BCUT2D eigenvalue weighted by Gasteiger charge is -2.51. The second-order valence-corrected chi connectivity index (χ2v) is 10.1. The summed E-state index contributed by atoms with van der Waals surface area (Å²) in [6.45, 7) is 3.48. The average Bonchev–Trinajstić information content (AvgIpc) is 3.03. The van der Waals surface area contributed by atoms with Crippen molar-refractivity contribution >= 4 is 0 Å². The highest BCUT2D eigenvalue weighted by atomic mass is 16.7. The van der Waals surface area contributed by atoms with Crippen molar-refractivity contribution in [1.29, 1.82) is 0 Å². The van der Waals surface area contributed by atoms with Crippen LogP contribution in [0.15, 0.2) is 121 Å². The van der Waals surface area contributed by atoms with Crippen molar-refractivity contribution in [2.75, 3.05) is 13.2 Å². The standard InChI is InChI=1S/C35H38O6/c1-2-38-34-35(36,30-21-13-6-14-22-30)33(40-25-29-19-11-5-12-20-29)32(39-24-28-17-9-4-10-18-28)31(41-34)26-37-23-27-15-7-3-8-16-27/h3-22,31-34,36H,2,23-26H2,1H3/t31-,32-,33+,34+,35-/m1/s1. The van der Waals surface area contributed by atoms with E-state index < -0.39 is 30.2 Å². The van der Waals surface area contributed by atoms with Gasteiger partial charge < -0.3 is 28.8 Å². The Morgan fingerprint density at radius 1 is 0.634 bits per heavy atom. The minimum atomic E-state index is -1.65. The molecule has 0 aliphatic carbocycles. The molecular formula is C35H38O6. The topological polar surface area (TPSA) is 66.4 Å². The van der Waals surface area contributed by atoms with Gasteiger partial charge in [-0.15, -0.1) is 0 Å². The highest BCUT2D eigenvalue weighted by molar-refractivity contribution is 5.27. The number of benzene rings is 4. The lowest BCUT2D eigenvalue weighted by molar-refractivity contribution is -0.361. The molecule has 1 aliphatic heterocycles. The Bertz CT molecular complexity index is 1290. The van der Waals surface area contributed by atoms with Crippen LogP contribution in [0, 0.1) is 0 Å². The summed E-state index contributed by atoms with van der Waals surface area (Å²) in [6.07, 6.45) is -3.07. The molecule has 5 atom stereocenters. The molecule has 41 heavy (non-hydrogen) atoms. The molecule has 1 saturated heterocycles. The van der Waals surface area contributed by atoms with E-state index in [1.165, 1.54) is 0 Å². The summed E-state index contributed by atoms with van der Waals surface area (Å²) in [6, 6.07) is 39.3. The number of hydrogen-bond donors (Lipinski definition) is 1. The Hall–Kier alpha value is -3.36. The summed E-state index contributed by atoms with van der Waals surface area (Å²) in [7, 11) is 0. The van der Waals surface area contributed by atoms with Gasteiger partial charge in [-0.25, -0.2) is 0 Å². The van der Waals surface area contributed by atoms with Crippen LogP contribution in [0.4, 0.5) is 0 Å². The first kappa shape index (κ1) is 29.1. The maximum atomic E-state index is 12.6. The predicted molar refractivity (Wildman–Crippen MR) is 157 cm³/mol. The predicted octanol–water partition coefficient (Wildman–Crippen LogP) is 6.02. The molecule has 1 heterocycles. The van der Waals surface area contributed by atoms with E-state index in [1.807, 2.05) is 128 Å². The zero-order chi connectivity index (χ0) is 28.3. The normalized spacial score (nSPS) is 24.2. The van der Waals surface area contributed by atoms with E-state index in [1.54, 1.807) is 0 Å². The van der Waals surface area contributed by atoms with Gasteiger partial charge in [-0.2, -0.15) is 0 Å². The first-order chi connectivity index (χ1) is 20.2. The maximum Gasteiger partial charge on any atom is 0.193 e. The molecule has 0 spiro atoms. The van der Waals surface area contributed by atoms with Gasteiger partial charge in [0.1, 0.15) is 18.3 Å². The molecule has 4 aromatic carbocycles. The van der Waals surface area contributed by atoms with Crippen LogP contribution in [0.2, 0.25) is 0 Å². The molecular weight excluding hydrogens is 516 g/mol. The fourth-order valence-corrected chi connectivity index (χ4v) is 5.19. The Kier molecular flexibility index (Phi) is 10.3. The van der Waals surface area contributed by atoms with Gasteiger partial charge in [0.15, 0.2) is 11.9 Å². The minimum absolute atomic E-state index is 0.230. The van der Waals surface area contributed by atoms with Crippen LogP contribution in [0.1, 0.15) is 29.2 Å². The van der Waals surface area contributed by atoms with Crippen molar-refractivity contribution < 1.29 is 28.8 Å². The number of aliphatic hydroxyl groups is 1. The fraction of sp³-hybridized carbons (Fsp3) is 0.314. The molecule has 0 aromatic heterocycles. The van der Waals surface area contributed by atoms with Gasteiger partial charge >= 0.3 is 0 Å². The highest BCUT2D eigenvalue weighted by Gasteiger charge is 2.58. The van der Waals surface area contributed by atoms with Crippen molar-refractivity contribution in [3.8, 4) is 0 Å². The summed E-state index contributed by atoms with van der Waals surface area (Å²) in [4.78, 5) is 0. The molecule has 0 radical (unpaired) electrons. The molecule has 1 aliphatic rings. The summed E-state index contributed by atoms with van der Waals surface area (Å²) < 4.78 is 32.0. The van der Waals surface area contributed by atoms with Crippen molar-refractivity contribution in [2.24, 2.45) is 0 Å². The van der Waals surface area contributed by atoms with Gasteiger partial charge in [-0.1, -0.05) is 121 Å². The van der Waals surface area contributed by atoms with Gasteiger partial charge in [0.2, 0.25) is 0 Å². The van der Waals surface area contributed by atoms with Crippen LogP contribution in [-0.4, -0.2) is 42.9 Å². The smallest absolute Gasteiger partial charge is 0.193 e. The van der Waals surface area contributed by atoms with Gasteiger partial charge in [0.25, 0.3) is 0 Å². The molecule has 1 fully saturated rings. The van der Waals surface area contributed by atoms with Gasteiger partial charge in [-0.05, 0) is 29.2 Å². The lowest BCUT2D eigenvalue weighted by atomic mass is 9.80. The fourth-order valence-electron chi connectivity index (χ4n) is 5.19. The minimum Gasteiger partial charge on any atom is -0.377 e. The monoisotopic (exact) mass is 554 g/mol. The van der Waals surface area contributed by atoms with Crippen LogP contribution in [0.3, 0.4) is 0 Å². The Morgan fingerprint density at radius 2 is 1.12 bits per heavy atom. The zero-order valence-electron chi connectivity index (χ0n) is 23.4. The number of ether oxygens (including phenoxy) is 5. The van der Waals surface area contributed by atoms with E-state index in [2.05, 4.69) is 0 Å². The number of hydrogen-bond acceptors (Lipinski definition) is 6. The zero-order valence-corrected chi connectivity index (χ0v) is 23.4. The first-order valence-electron chi connectivity index (χ1n) is 14.2. The second kappa shape index (κ2) is 14.5. The lowest BCUT2D eigenvalue weighted by Crippen LogP contribution is -2.66. The third-order valence-electron chi connectivity index (χ3n) is 7.26. The summed E-state index contributed by atoms with van der Waals surface area (Å²) in [5.41, 5.74) is 2.04. The molecule has 0 amide bonds. The van der Waals surface area contributed by atoms with E-state index in [0.29, 0.717) is 25.4 Å². The first-order valence-corrected chi connectivity index (χ1v) is 14.2. The molecule has 6 nitrogen and oxygen atoms in total. The molecule has 214 valence electrons. The van der Waals surface area contributed by atoms with Crippen LogP contribution in [0.25, 0.3) is 0 Å². The van der Waals surface area contributed by atoms with Crippen LogP contribution in [-0.2, 0) is 49.1 Å². The van der Waals surface area contributed by atoms with Crippen molar-refractivity contribution in [3.63, 3.8) is 0 Å². The Balaban J connectivity index is 1.48. The van der Waals surface area contributed by atoms with Crippen molar-refractivity contribution in [2.45, 2.75) is 56.9 Å². The van der Waals surface area contributed by atoms with E-state index in [9.17, 15) is 5.11 Å². The van der Waals surface area contributed by atoms with Crippen LogP contribution < -0.4 is 0 Å². The molecule has 1 N–H and O–H groups in total. The summed E-state index contributed by atoms with van der Waals surface area (Å²) >= 11 is 0. The largest absolute Gasteiger partial charge is 0.377 e. The maximum absolute atomic E-state index is 12.6. The second-order valence-electron chi connectivity index (χ2n) is 10.1. The van der Waals surface area contributed by atoms with E-state index in [-0.39, 0.29) is 13.2 Å². The van der Waals surface area contributed by atoms with Gasteiger partial charge in [0.05, 0.1) is 26.4 Å². The Labute approximate surface area is 242 Å². The van der Waals surface area contributed by atoms with Gasteiger partial charge in [0, 0.05) is 6.61 Å². The third-order valence-corrected chi connectivity index (χ3v) is 7.26. The summed E-state index contributed by atoms with van der Waals surface area (Å²) in [5, 5.41) is 12.6. The van der Waals surface area contributed by atoms with E-state index >= 15 is 0 Å². The molecule has 0 saturated carbocycles. The third kappa shape index (κ3) is 7.29. The molecule has 0 unspecified atom stereocenters. The molecule has 0 bridgehead atoms. The molecule has 5 rings (SSSR count). The highest BCUT2D eigenvalue weighted by Crippen LogP contribution is 2.42. The van der Waals surface area contributed by atoms with Crippen LogP contribution in [0.5, 0.6) is 0 Å². The Morgan fingerprint density at radius 3 is 1.66 bits per heavy atom. The molecule has 4 aromatic rings. The van der Waals surface area contributed by atoms with Crippen molar-refractivity contribution in [1.82, 2.24) is 0 Å². The quantitative estimate of drug-likeness (QED) is 0.218. The SMILES string of the molecule is CCO[C@H]1O[C@H](COCc2ccccc2)[C@@H](OCc2ccccc2)[C@H](OCc2ccccc2)[C@]1(O)c1ccccc1. The average molecular weight is 555 g/mol. The van der Waals surface area contributed by atoms with E-state index in [4.69, 9.17) is 23.7 Å². The summed E-state index contributed by atoms with van der Waals surface area (Å²) in [5.74, 6) is 0. The van der Waals surface area contributed by atoms with E-state index in [0.717, 1.165) is 16.7 Å². The van der Waals surface area contributed by atoms with Crippen LogP contribution >= 0.6 is 0 Å².